The molecule has 1 atom stereocenters. The Morgan fingerprint density at radius 2 is 1.19 bits per heavy atom. The largest absolute Gasteiger partial charge is 0.463 e. The zero-order valence-corrected chi connectivity index (χ0v) is 28.1. The Kier molecular flexibility index (Phi) is 32.3. The molecule has 0 fully saturated rings. The SMILES string of the molecule is C=CC(=O)OCCCCCCCC/C=C\CC(CCCCCC)OC(=O)CCCCCCC/C=C\C/C=C\C/C=C\CC. The molecule has 0 heterocycles. The molecule has 0 aliphatic heterocycles. The van der Waals surface area contributed by atoms with Crippen LogP contribution in [-0.4, -0.2) is 24.6 Å². The molecule has 0 radical (unpaired) electrons. The summed E-state index contributed by atoms with van der Waals surface area (Å²) in [4.78, 5) is 23.5. The van der Waals surface area contributed by atoms with Crippen LogP contribution in [0.15, 0.2) is 61.3 Å². The lowest BCUT2D eigenvalue weighted by atomic mass is 10.1. The third-order valence-corrected chi connectivity index (χ3v) is 7.45. The quantitative estimate of drug-likeness (QED) is 0.0345. The van der Waals surface area contributed by atoms with Crippen LogP contribution in [0.2, 0.25) is 0 Å². The van der Waals surface area contributed by atoms with E-state index in [1.807, 2.05) is 0 Å². The fourth-order valence-corrected chi connectivity index (χ4v) is 4.83. The number of esters is 2. The molecule has 0 spiro atoms. The second-order valence-electron chi connectivity index (χ2n) is 11.6. The third-order valence-electron chi connectivity index (χ3n) is 7.45. The van der Waals surface area contributed by atoms with E-state index in [1.165, 1.54) is 70.3 Å². The number of rotatable bonds is 31. The molecule has 0 aromatic heterocycles. The van der Waals surface area contributed by atoms with Crippen LogP contribution in [0.1, 0.15) is 162 Å². The second-order valence-corrected chi connectivity index (χ2v) is 11.6. The number of ether oxygens (including phenoxy) is 2. The summed E-state index contributed by atoms with van der Waals surface area (Å²) in [6.07, 6.45) is 44.3. The molecular formula is C39H66O4. The van der Waals surface area contributed by atoms with Gasteiger partial charge >= 0.3 is 11.9 Å². The summed E-state index contributed by atoms with van der Waals surface area (Å²) in [5, 5.41) is 0. The highest BCUT2D eigenvalue weighted by Gasteiger charge is 2.13. The van der Waals surface area contributed by atoms with Gasteiger partial charge in [0.05, 0.1) is 6.61 Å². The normalized spacial score (nSPS) is 12.6. The van der Waals surface area contributed by atoms with Crippen molar-refractivity contribution in [3.63, 3.8) is 0 Å². The molecule has 0 saturated heterocycles. The zero-order chi connectivity index (χ0) is 31.5. The van der Waals surface area contributed by atoms with E-state index in [4.69, 9.17) is 9.47 Å². The molecular weight excluding hydrogens is 532 g/mol. The summed E-state index contributed by atoms with van der Waals surface area (Å²) in [5.41, 5.74) is 0. The maximum Gasteiger partial charge on any atom is 0.330 e. The fourth-order valence-electron chi connectivity index (χ4n) is 4.83. The van der Waals surface area contributed by atoms with Crippen LogP contribution in [0.4, 0.5) is 0 Å². The molecule has 43 heavy (non-hydrogen) atoms. The minimum absolute atomic E-state index is 0.0187. The highest BCUT2D eigenvalue weighted by atomic mass is 16.5. The van der Waals surface area contributed by atoms with Crippen LogP contribution < -0.4 is 0 Å². The van der Waals surface area contributed by atoms with Crippen LogP contribution in [-0.2, 0) is 19.1 Å². The Morgan fingerprint density at radius 1 is 0.628 bits per heavy atom. The number of hydrogen-bond acceptors (Lipinski definition) is 4. The lowest BCUT2D eigenvalue weighted by Crippen LogP contribution is -2.17. The van der Waals surface area contributed by atoms with Crippen LogP contribution in [0.5, 0.6) is 0 Å². The van der Waals surface area contributed by atoms with Gasteiger partial charge in [-0.05, 0) is 70.6 Å². The van der Waals surface area contributed by atoms with E-state index in [0.717, 1.165) is 77.0 Å². The van der Waals surface area contributed by atoms with Crippen molar-refractivity contribution >= 4 is 11.9 Å². The summed E-state index contributed by atoms with van der Waals surface area (Å²) >= 11 is 0. The Morgan fingerprint density at radius 3 is 1.84 bits per heavy atom. The Hall–Kier alpha value is -2.36. The Labute approximate surface area is 266 Å². The second kappa shape index (κ2) is 34.1. The summed E-state index contributed by atoms with van der Waals surface area (Å²) < 4.78 is 10.9. The van der Waals surface area contributed by atoms with Gasteiger partial charge in [-0.15, -0.1) is 0 Å². The fraction of sp³-hybridized carbons (Fsp3) is 0.692. The molecule has 0 saturated carbocycles. The predicted molar refractivity (Wildman–Crippen MR) is 185 cm³/mol. The standard InChI is InChI=1S/C39H66O4/c1-4-7-9-11-12-13-14-15-16-17-18-21-24-27-31-35-39(41)43-37(33-29-10-8-5-2)34-30-26-23-20-19-22-25-28-32-36-42-38(40)6-3/h6-7,9,12-13,15-16,26,30,37H,3-5,8,10-11,14,17-25,27-29,31-36H2,1-2H3/b9-7-,13-12-,16-15-,30-26-. The summed E-state index contributed by atoms with van der Waals surface area (Å²) in [6.45, 7) is 8.28. The van der Waals surface area contributed by atoms with Crippen LogP contribution in [0.3, 0.4) is 0 Å². The molecule has 246 valence electrons. The third kappa shape index (κ3) is 32.4. The molecule has 0 bridgehead atoms. The predicted octanol–water partition coefficient (Wildman–Crippen LogP) is 11.9. The van der Waals surface area contributed by atoms with Gasteiger partial charge < -0.3 is 9.47 Å². The monoisotopic (exact) mass is 598 g/mol. The van der Waals surface area contributed by atoms with Gasteiger partial charge in [-0.3, -0.25) is 4.79 Å². The van der Waals surface area contributed by atoms with Crippen LogP contribution in [0, 0.1) is 0 Å². The van der Waals surface area contributed by atoms with Crippen molar-refractivity contribution in [2.24, 2.45) is 0 Å². The van der Waals surface area contributed by atoms with Crippen molar-refractivity contribution in [3.8, 4) is 0 Å². The van der Waals surface area contributed by atoms with Gasteiger partial charge in [0, 0.05) is 18.9 Å². The van der Waals surface area contributed by atoms with Gasteiger partial charge in [0.15, 0.2) is 0 Å². The van der Waals surface area contributed by atoms with Crippen molar-refractivity contribution in [2.45, 2.75) is 168 Å². The van der Waals surface area contributed by atoms with E-state index < -0.39 is 0 Å². The summed E-state index contributed by atoms with van der Waals surface area (Å²) in [5.74, 6) is -0.352. The molecule has 0 N–H and O–H groups in total. The lowest BCUT2D eigenvalue weighted by molar-refractivity contribution is -0.149. The van der Waals surface area contributed by atoms with Crippen molar-refractivity contribution in [1.82, 2.24) is 0 Å². The molecule has 1 unspecified atom stereocenters. The van der Waals surface area contributed by atoms with E-state index in [2.05, 4.69) is 69.0 Å². The van der Waals surface area contributed by atoms with Gasteiger partial charge in [0.2, 0.25) is 0 Å². The maximum absolute atomic E-state index is 12.5. The zero-order valence-electron chi connectivity index (χ0n) is 28.1. The smallest absolute Gasteiger partial charge is 0.330 e. The van der Waals surface area contributed by atoms with Gasteiger partial charge in [0.25, 0.3) is 0 Å². The van der Waals surface area contributed by atoms with E-state index >= 15 is 0 Å². The van der Waals surface area contributed by atoms with Gasteiger partial charge in [-0.1, -0.05) is 133 Å². The molecule has 0 aromatic carbocycles. The Balaban J connectivity index is 3.96. The Bertz CT molecular complexity index is 761. The minimum atomic E-state index is -0.333. The van der Waals surface area contributed by atoms with Gasteiger partial charge in [0.1, 0.15) is 6.10 Å². The van der Waals surface area contributed by atoms with Crippen molar-refractivity contribution in [1.29, 1.82) is 0 Å². The lowest BCUT2D eigenvalue weighted by Gasteiger charge is -2.16. The number of hydrogen-bond donors (Lipinski definition) is 0. The number of unbranched alkanes of at least 4 members (excludes halogenated alkanes) is 14. The van der Waals surface area contributed by atoms with Crippen LogP contribution >= 0.6 is 0 Å². The number of carbonyl (C=O) groups excluding carboxylic acids is 2. The maximum atomic E-state index is 12.5. The molecule has 0 rings (SSSR count). The first kappa shape index (κ1) is 40.6. The van der Waals surface area contributed by atoms with Crippen molar-refractivity contribution in [2.75, 3.05) is 6.61 Å². The first-order chi connectivity index (χ1) is 21.1. The van der Waals surface area contributed by atoms with Crippen LogP contribution in [0.25, 0.3) is 0 Å². The summed E-state index contributed by atoms with van der Waals surface area (Å²) in [6, 6.07) is 0. The van der Waals surface area contributed by atoms with Gasteiger partial charge in [-0.25, -0.2) is 4.79 Å². The number of carbonyl (C=O) groups is 2. The van der Waals surface area contributed by atoms with Crippen molar-refractivity contribution < 1.29 is 19.1 Å². The molecule has 0 amide bonds. The van der Waals surface area contributed by atoms with Gasteiger partial charge in [-0.2, -0.15) is 0 Å². The molecule has 0 aromatic rings. The topological polar surface area (TPSA) is 52.6 Å². The molecule has 0 aliphatic carbocycles. The summed E-state index contributed by atoms with van der Waals surface area (Å²) in [7, 11) is 0. The van der Waals surface area contributed by atoms with E-state index in [0.29, 0.717) is 13.0 Å². The highest BCUT2D eigenvalue weighted by molar-refractivity contribution is 5.81. The average molecular weight is 599 g/mol. The minimum Gasteiger partial charge on any atom is -0.463 e. The molecule has 4 heteroatoms. The first-order valence-corrected chi connectivity index (χ1v) is 17.7. The van der Waals surface area contributed by atoms with Crippen molar-refractivity contribution in [3.05, 3.63) is 61.3 Å². The van der Waals surface area contributed by atoms with E-state index in [-0.39, 0.29) is 18.0 Å². The molecule has 4 nitrogen and oxygen atoms in total. The van der Waals surface area contributed by atoms with E-state index in [9.17, 15) is 9.59 Å². The highest BCUT2D eigenvalue weighted by Crippen LogP contribution is 2.16. The van der Waals surface area contributed by atoms with E-state index in [1.54, 1.807) is 0 Å². The number of allylic oxidation sites excluding steroid dienone is 7. The molecule has 0 aliphatic rings. The average Bonchev–Trinajstić information content (AvgIpc) is 3.01. The first-order valence-electron chi connectivity index (χ1n) is 17.7.